The van der Waals surface area contributed by atoms with Gasteiger partial charge in [0.05, 0.1) is 7.11 Å². The van der Waals surface area contributed by atoms with Crippen LogP contribution < -0.4 is 10.5 Å². The molecule has 1 aromatic heterocycles. The van der Waals surface area contributed by atoms with Crippen molar-refractivity contribution < 1.29 is 9.84 Å². The molecule has 6 heteroatoms. The number of thioether (sulfide) groups is 1. The molecule has 0 aliphatic rings. The number of hydrogen-bond acceptors (Lipinski definition) is 6. The van der Waals surface area contributed by atoms with Crippen molar-refractivity contribution in [3.05, 3.63) is 6.33 Å². The summed E-state index contributed by atoms with van der Waals surface area (Å²) >= 11 is 1.49. The average molecular weight is 229 g/mol. The van der Waals surface area contributed by atoms with Crippen molar-refractivity contribution in [2.75, 3.05) is 25.2 Å². The van der Waals surface area contributed by atoms with E-state index in [9.17, 15) is 0 Å². The highest BCUT2D eigenvalue weighted by atomic mass is 32.2. The van der Waals surface area contributed by atoms with E-state index < -0.39 is 0 Å². The number of ether oxygens (including phenoxy) is 1. The lowest BCUT2D eigenvalue weighted by Crippen LogP contribution is -2.05. The lowest BCUT2D eigenvalue weighted by Gasteiger charge is -2.09. The van der Waals surface area contributed by atoms with Crippen molar-refractivity contribution in [2.24, 2.45) is 5.92 Å². The van der Waals surface area contributed by atoms with Gasteiger partial charge in [-0.25, -0.2) is 4.98 Å². The Hall–Kier alpha value is -1.01. The zero-order valence-corrected chi connectivity index (χ0v) is 9.62. The first-order valence-corrected chi connectivity index (χ1v) is 5.55. The fourth-order valence-corrected chi connectivity index (χ4v) is 1.83. The van der Waals surface area contributed by atoms with Gasteiger partial charge in [-0.15, -0.1) is 11.8 Å². The van der Waals surface area contributed by atoms with E-state index in [0.717, 1.165) is 5.75 Å². The second kappa shape index (κ2) is 5.77. The predicted molar refractivity (Wildman–Crippen MR) is 60.0 cm³/mol. The number of nitrogen functional groups attached to an aromatic ring is 1. The second-order valence-corrected chi connectivity index (χ2v) is 4.21. The molecule has 3 N–H and O–H groups in total. The molecular formula is C9H15N3O2S. The van der Waals surface area contributed by atoms with Crippen molar-refractivity contribution in [1.82, 2.24) is 9.97 Å². The van der Waals surface area contributed by atoms with Crippen LogP contribution in [0.1, 0.15) is 6.92 Å². The summed E-state index contributed by atoms with van der Waals surface area (Å²) in [5.74, 6) is 1.38. The number of aliphatic hydroxyl groups excluding tert-OH is 1. The Morgan fingerprint density at radius 3 is 2.93 bits per heavy atom. The molecule has 0 aliphatic carbocycles. The number of nitrogens with zero attached hydrogens (tertiary/aromatic N) is 2. The van der Waals surface area contributed by atoms with Gasteiger partial charge in [0, 0.05) is 12.4 Å². The lowest BCUT2D eigenvalue weighted by molar-refractivity contribution is 0.250. The Kier molecular flexibility index (Phi) is 4.64. The first-order chi connectivity index (χ1) is 7.19. The minimum absolute atomic E-state index is 0.162. The number of rotatable bonds is 5. The molecule has 15 heavy (non-hydrogen) atoms. The van der Waals surface area contributed by atoms with Gasteiger partial charge in [-0.2, -0.15) is 4.98 Å². The van der Waals surface area contributed by atoms with Crippen LogP contribution in [0.15, 0.2) is 11.4 Å². The summed E-state index contributed by atoms with van der Waals surface area (Å²) in [4.78, 5) is 7.94. The Morgan fingerprint density at radius 2 is 2.33 bits per heavy atom. The third-order valence-corrected chi connectivity index (χ3v) is 3.15. The van der Waals surface area contributed by atoms with Gasteiger partial charge in [0.2, 0.25) is 5.88 Å². The summed E-state index contributed by atoms with van der Waals surface area (Å²) in [7, 11) is 1.52. The molecule has 0 saturated carbocycles. The fraction of sp³-hybridized carbons (Fsp3) is 0.556. The third kappa shape index (κ3) is 3.24. The minimum Gasteiger partial charge on any atom is -0.479 e. The number of anilines is 1. The zero-order chi connectivity index (χ0) is 11.3. The van der Waals surface area contributed by atoms with Gasteiger partial charge in [0.15, 0.2) is 0 Å². The van der Waals surface area contributed by atoms with E-state index in [1.165, 1.54) is 25.2 Å². The highest BCUT2D eigenvalue weighted by Gasteiger charge is 2.10. The summed E-state index contributed by atoms with van der Waals surface area (Å²) in [6.07, 6.45) is 1.42. The summed E-state index contributed by atoms with van der Waals surface area (Å²) in [5, 5.41) is 9.58. The smallest absolute Gasteiger partial charge is 0.241 e. The molecule has 1 unspecified atom stereocenters. The van der Waals surface area contributed by atoms with E-state index in [4.69, 9.17) is 15.6 Å². The van der Waals surface area contributed by atoms with Crippen LogP contribution in [0.25, 0.3) is 0 Å². The van der Waals surface area contributed by atoms with Crippen molar-refractivity contribution in [2.45, 2.75) is 11.9 Å². The summed E-state index contributed by atoms with van der Waals surface area (Å²) in [6, 6.07) is 0. The highest BCUT2D eigenvalue weighted by molar-refractivity contribution is 7.99. The molecule has 84 valence electrons. The molecule has 0 saturated heterocycles. The average Bonchev–Trinajstić information content (AvgIpc) is 2.27. The lowest BCUT2D eigenvalue weighted by atomic mass is 10.2. The molecule has 0 fully saturated rings. The molecular weight excluding hydrogens is 214 g/mol. The Morgan fingerprint density at radius 1 is 1.60 bits per heavy atom. The molecule has 0 spiro atoms. The van der Waals surface area contributed by atoms with Gasteiger partial charge in [-0.3, -0.25) is 0 Å². The molecule has 0 bridgehead atoms. The van der Waals surface area contributed by atoms with Crippen molar-refractivity contribution >= 4 is 17.4 Å². The van der Waals surface area contributed by atoms with Crippen LogP contribution in [0.2, 0.25) is 0 Å². The summed E-state index contributed by atoms with van der Waals surface area (Å²) in [5.41, 5.74) is 6.24. The second-order valence-electron chi connectivity index (χ2n) is 3.20. The van der Waals surface area contributed by atoms with Crippen molar-refractivity contribution in [1.29, 1.82) is 0 Å². The van der Waals surface area contributed by atoms with Crippen LogP contribution in [-0.2, 0) is 0 Å². The Balaban J connectivity index is 2.68. The van der Waals surface area contributed by atoms with Crippen LogP contribution in [0.5, 0.6) is 5.88 Å². The zero-order valence-electron chi connectivity index (χ0n) is 8.80. The van der Waals surface area contributed by atoms with Gasteiger partial charge >= 0.3 is 0 Å². The van der Waals surface area contributed by atoms with E-state index in [1.54, 1.807) is 0 Å². The van der Waals surface area contributed by atoms with Gasteiger partial charge in [-0.05, 0) is 5.92 Å². The Bertz CT molecular complexity index is 322. The van der Waals surface area contributed by atoms with Crippen molar-refractivity contribution in [3.63, 3.8) is 0 Å². The van der Waals surface area contributed by atoms with Crippen molar-refractivity contribution in [3.8, 4) is 5.88 Å². The van der Waals surface area contributed by atoms with E-state index in [0.29, 0.717) is 16.6 Å². The molecule has 1 heterocycles. The van der Waals surface area contributed by atoms with Crippen LogP contribution in [0.4, 0.5) is 5.69 Å². The number of aliphatic hydroxyl groups is 1. The van der Waals surface area contributed by atoms with Gasteiger partial charge in [0.1, 0.15) is 17.0 Å². The first kappa shape index (κ1) is 12.1. The number of methoxy groups -OCH3 is 1. The van der Waals surface area contributed by atoms with Crippen LogP contribution >= 0.6 is 11.8 Å². The summed E-state index contributed by atoms with van der Waals surface area (Å²) < 4.78 is 4.98. The molecule has 1 rings (SSSR count). The Labute approximate surface area is 93.1 Å². The van der Waals surface area contributed by atoms with Gasteiger partial charge < -0.3 is 15.6 Å². The van der Waals surface area contributed by atoms with E-state index >= 15 is 0 Å². The maximum absolute atomic E-state index is 8.88. The van der Waals surface area contributed by atoms with Crippen LogP contribution in [0, 0.1) is 5.92 Å². The first-order valence-electron chi connectivity index (χ1n) is 4.57. The topological polar surface area (TPSA) is 81.3 Å². The molecule has 0 aromatic carbocycles. The third-order valence-electron chi connectivity index (χ3n) is 1.82. The number of hydrogen-bond donors (Lipinski definition) is 2. The van der Waals surface area contributed by atoms with Gasteiger partial charge in [-0.1, -0.05) is 6.92 Å². The van der Waals surface area contributed by atoms with E-state index in [1.807, 2.05) is 6.92 Å². The molecule has 0 radical (unpaired) electrons. The fourth-order valence-electron chi connectivity index (χ4n) is 0.916. The van der Waals surface area contributed by atoms with E-state index in [2.05, 4.69) is 9.97 Å². The largest absolute Gasteiger partial charge is 0.479 e. The van der Waals surface area contributed by atoms with Gasteiger partial charge in [0.25, 0.3) is 0 Å². The summed E-state index contributed by atoms with van der Waals surface area (Å²) in [6.45, 7) is 2.12. The minimum atomic E-state index is 0.162. The SMILES string of the molecule is COc1ncnc(SCC(C)CO)c1N. The number of aromatic nitrogens is 2. The maximum atomic E-state index is 8.88. The standard InChI is InChI=1S/C9H15N3O2S/c1-6(3-13)4-15-9-7(10)8(14-2)11-5-12-9/h5-6,13H,3-4,10H2,1-2H3. The maximum Gasteiger partial charge on any atom is 0.241 e. The molecule has 1 atom stereocenters. The molecule has 0 aliphatic heterocycles. The quantitative estimate of drug-likeness (QED) is 0.574. The highest BCUT2D eigenvalue weighted by Crippen LogP contribution is 2.29. The monoisotopic (exact) mass is 229 g/mol. The molecule has 5 nitrogen and oxygen atoms in total. The number of nitrogens with two attached hydrogens (primary N) is 1. The predicted octanol–water partition coefficient (Wildman–Crippen LogP) is 0.788. The molecule has 0 amide bonds. The van der Waals surface area contributed by atoms with Crippen LogP contribution in [-0.4, -0.2) is 34.5 Å². The van der Waals surface area contributed by atoms with E-state index in [-0.39, 0.29) is 12.5 Å². The van der Waals surface area contributed by atoms with Crippen LogP contribution in [0.3, 0.4) is 0 Å². The molecule has 1 aromatic rings. The normalized spacial score (nSPS) is 12.5.